The van der Waals surface area contributed by atoms with E-state index in [1.165, 1.54) is 0 Å². The van der Waals surface area contributed by atoms with Crippen LogP contribution in [0.15, 0.2) is 53.0 Å². The third-order valence-corrected chi connectivity index (χ3v) is 6.46. The summed E-state index contributed by atoms with van der Waals surface area (Å²) in [5.74, 6) is 0.731. The largest absolute Gasteiger partial charge is 0.342 e. The average molecular weight is 466 g/mol. The fourth-order valence-electron chi connectivity index (χ4n) is 3.73. The number of rotatable bonds is 5. The number of carbonyl (C=O) groups excluding carboxylic acids is 1. The van der Waals surface area contributed by atoms with Gasteiger partial charge in [-0.05, 0) is 80.0 Å². The van der Waals surface area contributed by atoms with Crippen LogP contribution < -0.4 is 5.32 Å². The molecule has 0 bridgehead atoms. The van der Waals surface area contributed by atoms with Gasteiger partial charge in [0, 0.05) is 12.1 Å². The number of nitrogens with one attached hydrogen (secondary N) is 1. The van der Waals surface area contributed by atoms with Crippen LogP contribution in [0.2, 0.25) is 0 Å². The molecule has 0 saturated carbocycles. The van der Waals surface area contributed by atoms with Gasteiger partial charge in [0.2, 0.25) is 0 Å². The molecule has 0 radical (unpaired) electrons. The normalized spacial score (nSPS) is 12.3. The fraction of sp³-hybridized carbons (Fsp3) is 0.261. The van der Waals surface area contributed by atoms with Crippen molar-refractivity contribution < 1.29 is 4.79 Å². The quantitative estimate of drug-likeness (QED) is 0.445. The van der Waals surface area contributed by atoms with Crippen molar-refractivity contribution in [1.29, 1.82) is 0 Å². The predicted molar refractivity (Wildman–Crippen MR) is 122 cm³/mol. The number of fused-ring (bicyclic) bond motifs is 1. The van der Waals surface area contributed by atoms with Crippen LogP contribution in [-0.2, 0) is 6.54 Å². The number of imidazole rings is 1. The number of hydrogen-bond donors (Lipinski definition) is 1. The lowest BCUT2D eigenvalue weighted by Crippen LogP contribution is -2.28. The first-order chi connectivity index (χ1) is 14.4. The van der Waals surface area contributed by atoms with Gasteiger partial charge in [-0.3, -0.25) is 4.79 Å². The van der Waals surface area contributed by atoms with Crippen molar-refractivity contribution in [2.45, 2.75) is 40.3 Å². The van der Waals surface area contributed by atoms with Crippen molar-refractivity contribution >= 4 is 32.9 Å². The summed E-state index contributed by atoms with van der Waals surface area (Å²) in [4.78, 5) is 17.6. The number of halogens is 1. The smallest absolute Gasteiger partial charge is 0.251 e. The van der Waals surface area contributed by atoms with Gasteiger partial charge in [-0.15, -0.1) is 0 Å². The zero-order valence-corrected chi connectivity index (χ0v) is 19.1. The maximum atomic E-state index is 12.8. The third-order valence-electron chi connectivity index (χ3n) is 5.31. The summed E-state index contributed by atoms with van der Waals surface area (Å²) in [5, 5.41) is 7.62. The zero-order valence-electron chi connectivity index (χ0n) is 17.5. The molecule has 7 heteroatoms. The molecule has 2 heterocycles. The van der Waals surface area contributed by atoms with Gasteiger partial charge < -0.3 is 9.88 Å². The number of para-hydroxylation sites is 2. The van der Waals surface area contributed by atoms with E-state index in [-0.39, 0.29) is 11.9 Å². The average Bonchev–Trinajstić information content (AvgIpc) is 3.26. The molecule has 6 nitrogen and oxygen atoms in total. The molecule has 1 unspecified atom stereocenters. The van der Waals surface area contributed by atoms with Gasteiger partial charge in [0.25, 0.3) is 5.91 Å². The summed E-state index contributed by atoms with van der Waals surface area (Å²) in [7, 11) is 0. The summed E-state index contributed by atoms with van der Waals surface area (Å²) < 4.78 is 5.01. The summed E-state index contributed by atoms with van der Waals surface area (Å²) in [5.41, 5.74) is 5.50. The Morgan fingerprint density at radius 2 is 1.83 bits per heavy atom. The Morgan fingerprint density at radius 3 is 2.47 bits per heavy atom. The van der Waals surface area contributed by atoms with Crippen molar-refractivity contribution in [2.75, 3.05) is 0 Å². The lowest BCUT2D eigenvalue weighted by Gasteiger charge is -2.15. The minimum absolute atomic E-state index is 0.127. The van der Waals surface area contributed by atoms with Crippen LogP contribution in [0.1, 0.15) is 47.5 Å². The molecule has 154 valence electrons. The van der Waals surface area contributed by atoms with Crippen molar-refractivity contribution in [3.8, 4) is 5.69 Å². The standard InChI is InChI=1S/C23H24BrN5O/c1-5-28-20-9-7-6-8-19(20)26-22(28)15(3)25-23(30)17-10-12-18(13-11-17)29-16(4)21(24)14(2)27-29/h6-13,15H,5H2,1-4H3,(H,25,30). The van der Waals surface area contributed by atoms with Gasteiger partial charge in [-0.2, -0.15) is 5.10 Å². The molecule has 1 amide bonds. The molecular weight excluding hydrogens is 442 g/mol. The minimum atomic E-state index is -0.212. The van der Waals surface area contributed by atoms with Gasteiger partial charge in [0.05, 0.1) is 38.6 Å². The Balaban J connectivity index is 1.55. The second-order valence-electron chi connectivity index (χ2n) is 7.34. The Bertz CT molecular complexity index is 1220. The molecular formula is C23H24BrN5O. The lowest BCUT2D eigenvalue weighted by atomic mass is 10.1. The number of nitrogens with zero attached hydrogens (tertiary/aromatic N) is 4. The highest BCUT2D eigenvalue weighted by Crippen LogP contribution is 2.24. The summed E-state index contributed by atoms with van der Waals surface area (Å²) in [6.45, 7) is 8.81. The molecule has 0 saturated heterocycles. The lowest BCUT2D eigenvalue weighted by molar-refractivity contribution is 0.0937. The Kier molecular flexibility index (Phi) is 5.47. The van der Waals surface area contributed by atoms with Crippen LogP contribution in [0.25, 0.3) is 16.7 Å². The summed E-state index contributed by atoms with van der Waals surface area (Å²) in [6.07, 6.45) is 0. The molecule has 0 aliphatic carbocycles. The van der Waals surface area contributed by atoms with Crippen molar-refractivity contribution in [3.05, 3.63) is 75.8 Å². The molecule has 0 spiro atoms. The summed E-state index contributed by atoms with van der Waals surface area (Å²) >= 11 is 3.55. The highest BCUT2D eigenvalue weighted by molar-refractivity contribution is 9.10. The zero-order chi connectivity index (χ0) is 21.4. The molecule has 2 aromatic carbocycles. The minimum Gasteiger partial charge on any atom is -0.342 e. The van der Waals surface area contributed by atoms with Crippen LogP contribution in [0.4, 0.5) is 0 Å². The van der Waals surface area contributed by atoms with Gasteiger partial charge in [-0.1, -0.05) is 12.1 Å². The maximum Gasteiger partial charge on any atom is 0.251 e. The maximum absolute atomic E-state index is 12.8. The van der Waals surface area contributed by atoms with E-state index in [9.17, 15) is 4.79 Å². The van der Waals surface area contributed by atoms with E-state index < -0.39 is 0 Å². The third kappa shape index (κ3) is 3.54. The van der Waals surface area contributed by atoms with E-state index in [2.05, 4.69) is 43.9 Å². The van der Waals surface area contributed by atoms with Crippen LogP contribution in [0, 0.1) is 13.8 Å². The van der Waals surface area contributed by atoms with Crippen molar-refractivity contribution in [1.82, 2.24) is 24.6 Å². The molecule has 1 N–H and O–H groups in total. The molecule has 2 aromatic heterocycles. The first-order valence-corrected chi connectivity index (χ1v) is 10.8. The summed E-state index contributed by atoms with van der Waals surface area (Å²) in [6, 6.07) is 15.3. The number of benzene rings is 2. The highest BCUT2D eigenvalue weighted by atomic mass is 79.9. The molecule has 4 aromatic rings. The fourth-order valence-corrected chi connectivity index (χ4v) is 3.98. The molecule has 4 rings (SSSR count). The monoisotopic (exact) mass is 465 g/mol. The van der Waals surface area contributed by atoms with Gasteiger partial charge >= 0.3 is 0 Å². The van der Waals surface area contributed by atoms with Crippen LogP contribution >= 0.6 is 15.9 Å². The Labute approximate surface area is 184 Å². The van der Waals surface area contributed by atoms with E-state index in [1.807, 2.05) is 67.9 Å². The first-order valence-electron chi connectivity index (χ1n) is 9.99. The highest BCUT2D eigenvalue weighted by Gasteiger charge is 2.18. The number of hydrogen-bond acceptors (Lipinski definition) is 3. The number of amides is 1. The predicted octanol–water partition coefficient (Wildman–Crippen LogP) is 5.11. The van der Waals surface area contributed by atoms with Gasteiger partial charge in [-0.25, -0.2) is 9.67 Å². The second kappa shape index (κ2) is 8.07. The van der Waals surface area contributed by atoms with Crippen molar-refractivity contribution in [2.24, 2.45) is 0 Å². The Morgan fingerprint density at radius 1 is 1.13 bits per heavy atom. The van der Waals surface area contributed by atoms with E-state index in [4.69, 9.17) is 4.98 Å². The van der Waals surface area contributed by atoms with Gasteiger partial charge in [0.1, 0.15) is 5.82 Å². The molecule has 0 aliphatic heterocycles. The topological polar surface area (TPSA) is 64.7 Å². The molecule has 1 atom stereocenters. The van der Waals surface area contributed by atoms with Crippen molar-refractivity contribution in [3.63, 3.8) is 0 Å². The van der Waals surface area contributed by atoms with E-state index in [1.54, 1.807) is 0 Å². The molecule has 0 aliphatic rings. The first kappa shape index (κ1) is 20.3. The van der Waals surface area contributed by atoms with E-state index >= 15 is 0 Å². The van der Waals surface area contributed by atoms with E-state index in [0.717, 1.165) is 45.0 Å². The van der Waals surface area contributed by atoms with Gasteiger partial charge in [0.15, 0.2) is 0 Å². The van der Waals surface area contributed by atoms with E-state index in [0.29, 0.717) is 5.56 Å². The molecule has 30 heavy (non-hydrogen) atoms. The number of carbonyl (C=O) groups is 1. The number of aromatic nitrogens is 4. The van der Waals surface area contributed by atoms with Crippen LogP contribution in [-0.4, -0.2) is 25.2 Å². The van der Waals surface area contributed by atoms with Crippen LogP contribution in [0.5, 0.6) is 0 Å². The van der Waals surface area contributed by atoms with Crippen LogP contribution in [0.3, 0.4) is 0 Å². The molecule has 0 fully saturated rings. The number of aryl methyl sites for hydroxylation is 2. The second-order valence-corrected chi connectivity index (χ2v) is 8.13. The Hall–Kier alpha value is -2.93. The SMILES string of the molecule is CCn1c(C(C)NC(=O)c2ccc(-n3nc(C)c(Br)c3C)cc2)nc2ccccc21.